The molecule has 1 N–H and O–H groups in total. The van der Waals surface area contributed by atoms with Crippen LogP contribution >= 0.6 is 20.1 Å². The minimum absolute atomic E-state index is 0.0943. The van der Waals surface area contributed by atoms with Gasteiger partial charge in [-0.15, -0.1) is 0 Å². The highest BCUT2D eigenvalue weighted by molar-refractivity contribution is 8.48. The first-order chi connectivity index (χ1) is 21.8. The van der Waals surface area contributed by atoms with Crippen molar-refractivity contribution in [1.82, 2.24) is 0 Å². The number of benzene rings is 6. The van der Waals surface area contributed by atoms with Gasteiger partial charge in [0.05, 0.1) is 4.08 Å². The molecule has 0 fully saturated rings. The van der Waals surface area contributed by atoms with Crippen LogP contribution in [0.1, 0.15) is 22.3 Å². The van der Waals surface area contributed by atoms with Gasteiger partial charge >= 0.3 is 0 Å². The molecule has 0 unspecified atom stereocenters. The SMILES string of the molecule is Cc1ccc(Nc2ccc3c4c(c5ccccc5c3c2)-c2ccc(N(C)c3ccc(C)cc3)cc2C4(S(C)(C)C)S(C)(C)C)cc1. The number of rotatable bonds is 6. The lowest BCUT2D eigenvalue weighted by Crippen LogP contribution is -2.36. The van der Waals surface area contributed by atoms with E-state index in [1.807, 2.05) is 0 Å². The summed E-state index contributed by atoms with van der Waals surface area (Å²) in [6.07, 6.45) is 15.3. The van der Waals surface area contributed by atoms with Crippen molar-refractivity contribution >= 4 is 64.4 Å². The van der Waals surface area contributed by atoms with E-state index in [4.69, 9.17) is 0 Å². The van der Waals surface area contributed by atoms with Crippen LogP contribution in [0.2, 0.25) is 0 Å². The second-order valence-corrected chi connectivity index (χ2v) is 23.3. The summed E-state index contributed by atoms with van der Waals surface area (Å²) >= 11 is 0. The second kappa shape index (κ2) is 10.9. The number of anilines is 4. The molecule has 1 aliphatic rings. The molecule has 2 nitrogen and oxygen atoms in total. The minimum Gasteiger partial charge on any atom is -0.356 e. The van der Waals surface area contributed by atoms with E-state index in [0.29, 0.717) is 0 Å². The Balaban J connectivity index is 1.54. The standard InChI is InChI=1S/C42H46N2S2/c1-28-14-18-30(19-15-28)43-31-20-24-36-38(26-31)34-12-10-11-13-35(34)40-37-25-23-33(44(3)32-21-16-29(2)17-22-32)27-39(37)42(41(36)40,45(4,5)6)46(7,8)9/h10-27,43H,1-9H3. The predicted octanol–water partition coefficient (Wildman–Crippen LogP) is 11.7. The number of hydrogen-bond donors (Lipinski definition) is 1. The molecule has 0 atom stereocenters. The monoisotopic (exact) mass is 642 g/mol. The smallest absolute Gasteiger partial charge is 0.0818 e. The Labute approximate surface area is 278 Å². The van der Waals surface area contributed by atoms with Crippen LogP contribution in [-0.4, -0.2) is 44.6 Å². The second-order valence-electron chi connectivity index (χ2n) is 14.5. The molecule has 4 heteroatoms. The molecule has 1 aliphatic carbocycles. The molecule has 0 aliphatic heterocycles. The lowest BCUT2D eigenvalue weighted by Gasteiger charge is -2.59. The van der Waals surface area contributed by atoms with E-state index in [9.17, 15) is 0 Å². The van der Waals surface area contributed by atoms with Gasteiger partial charge in [0.1, 0.15) is 0 Å². The van der Waals surface area contributed by atoms with Gasteiger partial charge in [-0.3, -0.25) is 0 Å². The zero-order chi connectivity index (χ0) is 32.6. The Morgan fingerprint density at radius 2 is 1.11 bits per heavy atom. The molecule has 0 bridgehead atoms. The van der Waals surface area contributed by atoms with Gasteiger partial charge in [-0.05, 0) is 144 Å². The molecule has 0 heterocycles. The topological polar surface area (TPSA) is 15.3 Å². The number of fused-ring (bicyclic) bond motifs is 8. The van der Waals surface area contributed by atoms with Crippen molar-refractivity contribution in [2.75, 3.05) is 54.8 Å². The molecule has 0 spiro atoms. The van der Waals surface area contributed by atoms with Gasteiger partial charge in [-0.2, -0.15) is 0 Å². The summed E-state index contributed by atoms with van der Waals surface area (Å²) in [5, 5.41) is 9.08. The van der Waals surface area contributed by atoms with E-state index >= 15 is 0 Å². The largest absolute Gasteiger partial charge is 0.356 e. The molecular weight excluding hydrogens is 597 g/mol. The highest BCUT2D eigenvalue weighted by atomic mass is 32.3. The molecule has 46 heavy (non-hydrogen) atoms. The van der Waals surface area contributed by atoms with Crippen molar-refractivity contribution in [3.63, 3.8) is 0 Å². The third-order valence-corrected chi connectivity index (χ3v) is 17.2. The first-order valence-electron chi connectivity index (χ1n) is 15.9. The highest BCUT2D eigenvalue weighted by Crippen LogP contribution is 2.81. The van der Waals surface area contributed by atoms with E-state index in [0.717, 1.165) is 11.4 Å². The minimum atomic E-state index is -1.18. The average Bonchev–Trinajstić information content (AvgIpc) is 3.35. The molecule has 0 aromatic heterocycles. The first kappa shape index (κ1) is 30.8. The maximum absolute atomic E-state index is 3.70. The van der Waals surface area contributed by atoms with Gasteiger partial charge in [0.15, 0.2) is 0 Å². The maximum atomic E-state index is 3.70. The summed E-state index contributed by atoms with van der Waals surface area (Å²) in [5.74, 6) is 0. The van der Waals surface area contributed by atoms with Crippen LogP contribution in [0.15, 0.2) is 109 Å². The predicted molar refractivity (Wildman–Crippen MR) is 212 cm³/mol. The Kier molecular flexibility index (Phi) is 7.26. The van der Waals surface area contributed by atoms with Crippen LogP contribution in [0, 0.1) is 13.8 Å². The van der Waals surface area contributed by atoms with Crippen molar-refractivity contribution in [2.24, 2.45) is 0 Å². The van der Waals surface area contributed by atoms with Crippen molar-refractivity contribution < 1.29 is 0 Å². The molecule has 7 rings (SSSR count). The number of aryl methyl sites for hydroxylation is 2. The van der Waals surface area contributed by atoms with E-state index in [1.165, 1.54) is 60.7 Å². The Morgan fingerprint density at radius 3 is 1.74 bits per heavy atom. The fraction of sp³-hybridized carbons (Fsp3) is 0.238. The third-order valence-electron chi connectivity index (χ3n) is 9.86. The summed E-state index contributed by atoms with van der Waals surface area (Å²) in [5.41, 5.74) is 13.1. The van der Waals surface area contributed by atoms with Crippen molar-refractivity contribution in [3.05, 3.63) is 131 Å². The van der Waals surface area contributed by atoms with Crippen LogP contribution in [-0.2, 0) is 4.08 Å². The Morgan fingerprint density at radius 1 is 0.543 bits per heavy atom. The maximum Gasteiger partial charge on any atom is 0.0818 e. The molecule has 236 valence electrons. The van der Waals surface area contributed by atoms with Crippen molar-refractivity contribution in [2.45, 2.75) is 17.9 Å². The summed E-state index contributed by atoms with van der Waals surface area (Å²) in [6, 6.07) is 41.0. The van der Waals surface area contributed by atoms with E-state index in [2.05, 4.69) is 178 Å². The molecule has 0 saturated heterocycles. The Bertz CT molecular complexity index is 2100. The quantitative estimate of drug-likeness (QED) is 0.182. The van der Waals surface area contributed by atoms with Crippen molar-refractivity contribution in [3.8, 4) is 11.1 Å². The summed E-state index contributed by atoms with van der Waals surface area (Å²) < 4.78 is -0.0943. The van der Waals surface area contributed by atoms with Gasteiger partial charge in [-0.25, -0.2) is 20.1 Å². The molecular formula is C42H46N2S2. The van der Waals surface area contributed by atoms with Crippen LogP contribution < -0.4 is 10.2 Å². The van der Waals surface area contributed by atoms with Gasteiger partial charge < -0.3 is 10.2 Å². The fourth-order valence-corrected chi connectivity index (χ4v) is 17.3. The molecule has 6 aromatic carbocycles. The molecule has 0 saturated carbocycles. The number of nitrogens with one attached hydrogen (secondary N) is 1. The van der Waals surface area contributed by atoms with E-state index in [1.54, 1.807) is 5.56 Å². The van der Waals surface area contributed by atoms with Crippen LogP contribution in [0.5, 0.6) is 0 Å². The zero-order valence-corrected chi connectivity index (χ0v) is 30.3. The Hall–Kier alpha value is -3.86. The van der Waals surface area contributed by atoms with Crippen LogP contribution in [0.3, 0.4) is 0 Å². The van der Waals surface area contributed by atoms with E-state index < -0.39 is 20.1 Å². The van der Waals surface area contributed by atoms with Crippen molar-refractivity contribution in [1.29, 1.82) is 0 Å². The van der Waals surface area contributed by atoms with Gasteiger partial charge in [-0.1, -0.05) is 71.8 Å². The van der Waals surface area contributed by atoms with Gasteiger partial charge in [0.2, 0.25) is 0 Å². The summed E-state index contributed by atoms with van der Waals surface area (Å²) in [7, 11) is -0.157. The molecule has 6 aromatic rings. The first-order valence-corrected chi connectivity index (χ1v) is 21.7. The lowest BCUT2D eigenvalue weighted by molar-refractivity contribution is 1.09. The summed E-state index contributed by atoms with van der Waals surface area (Å²) in [4.78, 5) is 2.35. The van der Waals surface area contributed by atoms with Crippen LogP contribution in [0.25, 0.3) is 32.7 Å². The number of nitrogens with zero attached hydrogens (tertiary/aromatic N) is 1. The van der Waals surface area contributed by atoms with Gasteiger partial charge in [0, 0.05) is 29.8 Å². The molecule has 0 amide bonds. The number of hydrogen-bond acceptors (Lipinski definition) is 2. The average molecular weight is 643 g/mol. The zero-order valence-electron chi connectivity index (χ0n) is 28.7. The normalized spacial score (nSPS) is 14.6. The lowest BCUT2D eigenvalue weighted by atomic mass is 9.91. The van der Waals surface area contributed by atoms with E-state index in [-0.39, 0.29) is 4.08 Å². The molecule has 0 radical (unpaired) electrons. The third kappa shape index (κ3) is 4.64. The van der Waals surface area contributed by atoms with Crippen LogP contribution in [0.4, 0.5) is 22.7 Å². The summed E-state index contributed by atoms with van der Waals surface area (Å²) in [6.45, 7) is 4.29. The highest BCUT2D eigenvalue weighted by Gasteiger charge is 2.56. The van der Waals surface area contributed by atoms with Gasteiger partial charge in [0.25, 0.3) is 0 Å². The fourth-order valence-electron chi connectivity index (χ4n) is 8.00.